The van der Waals surface area contributed by atoms with E-state index in [2.05, 4.69) is 0 Å². The maximum atomic E-state index is 10.8. The van der Waals surface area contributed by atoms with Crippen LogP contribution in [-0.2, 0) is 30.3 Å². The number of ether oxygens (including phenoxy) is 4. The Morgan fingerprint density at radius 2 is 1.73 bits per heavy atom. The van der Waals surface area contributed by atoms with E-state index in [-0.39, 0.29) is 12.1 Å². The molecule has 2 aromatic rings. The highest BCUT2D eigenvalue weighted by Crippen LogP contribution is 2.39. The van der Waals surface area contributed by atoms with E-state index in [4.69, 9.17) is 18.9 Å². The fourth-order valence-corrected chi connectivity index (χ4v) is 2.90. The third-order valence-corrected chi connectivity index (χ3v) is 4.13. The molecule has 0 unspecified atom stereocenters. The van der Waals surface area contributed by atoms with Gasteiger partial charge in [0.05, 0.1) is 26.4 Å². The zero-order valence-corrected chi connectivity index (χ0v) is 14.9. The highest BCUT2D eigenvalue weighted by Gasteiger charge is 2.32. The van der Waals surface area contributed by atoms with Gasteiger partial charge in [-0.3, -0.25) is 4.79 Å². The smallest absolute Gasteiger partial charge is 0.302 e. The molecule has 1 heterocycles. The second-order valence-electron chi connectivity index (χ2n) is 6.15. The molecule has 5 nitrogen and oxygen atoms in total. The first-order chi connectivity index (χ1) is 12.7. The molecule has 0 saturated carbocycles. The van der Waals surface area contributed by atoms with Crippen LogP contribution in [0.25, 0.3) is 0 Å². The average molecular weight is 356 g/mol. The molecule has 0 radical (unpaired) electrons. The highest BCUT2D eigenvalue weighted by molar-refractivity contribution is 5.65. The molecule has 26 heavy (non-hydrogen) atoms. The summed E-state index contributed by atoms with van der Waals surface area (Å²) in [5, 5.41) is 0. The molecule has 138 valence electrons. The van der Waals surface area contributed by atoms with Crippen molar-refractivity contribution in [1.82, 2.24) is 0 Å². The van der Waals surface area contributed by atoms with E-state index in [1.165, 1.54) is 6.92 Å². The van der Waals surface area contributed by atoms with Crippen LogP contribution in [0.5, 0.6) is 0 Å². The van der Waals surface area contributed by atoms with Crippen LogP contribution in [0, 0.1) is 0 Å². The SMILES string of the molecule is CC(=O)OCCCO[C@@H]1O[C@@H](COCc2ccccc2)c2ccccc21. The molecule has 0 aliphatic carbocycles. The summed E-state index contributed by atoms with van der Waals surface area (Å²) in [7, 11) is 0. The minimum Gasteiger partial charge on any atom is -0.466 e. The summed E-state index contributed by atoms with van der Waals surface area (Å²) in [5.74, 6) is -0.275. The van der Waals surface area contributed by atoms with Crippen molar-refractivity contribution in [3.63, 3.8) is 0 Å². The molecule has 1 aliphatic heterocycles. The van der Waals surface area contributed by atoms with Gasteiger partial charge < -0.3 is 18.9 Å². The van der Waals surface area contributed by atoms with Gasteiger partial charge in [0.2, 0.25) is 0 Å². The monoisotopic (exact) mass is 356 g/mol. The molecule has 0 saturated heterocycles. The zero-order valence-electron chi connectivity index (χ0n) is 14.9. The largest absolute Gasteiger partial charge is 0.466 e. The Morgan fingerprint density at radius 3 is 2.50 bits per heavy atom. The third-order valence-electron chi connectivity index (χ3n) is 4.13. The van der Waals surface area contributed by atoms with Crippen LogP contribution >= 0.6 is 0 Å². The molecule has 0 aromatic heterocycles. The van der Waals surface area contributed by atoms with Gasteiger partial charge in [-0.05, 0) is 11.1 Å². The molecular weight excluding hydrogens is 332 g/mol. The first-order valence-electron chi connectivity index (χ1n) is 8.85. The Kier molecular flexibility index (Phi) is 6.77. The molecule has 2 atom stereocenters. The lowest BCUT2D eigenvalue weighted by Crippen LogP contribution is -2.10. The molecule has 2 aromatic carbocycles. The van der Waals surface area contributed by atoms with Crippen LogP contribution in [0.3, 0.4) is 0 Å². The predicted molar refractivity (Wildman–Crippen MR) is 96.3 cm³/mol. The normalized spacial score (nSPS) is 18.5. The Bertz CT molecular complexity index is 701. The fraction of sp³-hybridized carbons (Fsp3) is 0.381. The first-order valence-corrected chi connectivity index (χ1v) is 8.85. The Labute approximate surface area is 153 Å². The lowest BCUT2D eigenvalue weighted by molar-refractivity contribution is -0.174. The first kappa shape index (κ1) is 18.6. The fourth-order valence-electron chi connectivity index (χ4n) is 2.90. The van der Waals surface area contributed by atoms with E-state index < -0.39 is 6.29 Å². The van der Waals surface area contributed by atoms with Crippen LogP contribution in [0.15, 0.2) is 54.6 Å². The van der Waals surface area contributed by atoms with E-state index in [1.807, 2.05) is 54.6 Å². The summed E-state index contributed by atoms with van der Waals surface area (Å²) < 4.78 is 22.6. The van der Waals surface area contributed by atoms with Gasteiger partial charge in [-0.2, -0.15) is 0 Å². The van der Waals surface area contributed by atoms with Crippen molar-refractivity contribution in [2.24, 2.45) is 0 Å². The van der Waals surface area contributed by atoms with Crippen molar-refractivity contribution >= 4 is 5.97 Å². The van der Waals surface area contributed by atoms with E-state index >= 15 is 0 Å². The molecule has 0 spiro atoms. The van der Waals surface area contributed by atoms with Crippen molar-refractivity contribution in [1.29, 1.82) is 0 Å². The molecule has 0 amide bonds. The van der Waals surface area contributed by atoms with E-state index in [0.717, 1.165) is 16.7 Å². The summed E-state index contributed by atoms with van der Waals surface area (Å²) >= 11 is 0. The number of fused-ring (bicyclic) bond motifs is 1. The minimum absolute atomic E-state index is 0.145. The molecule has 5 heteroatoms. The van der Waals surface area contributed by atoms with Gasteiger partial charge in [0, 0.05) is 18.9 Å². The van der Waals surface area contributed by atoms with Crippen molar-refractivity contribution in [2.45, 2.75) is 32.3 Å². The van der Waals surface area contributed by atoms with Gasteiger partial charge in [-0.25, -0.2) is 0 Å². The van der Waals surface area contributed by atoms with Crippen molar-refractivity contribution in [3.05, 3.63) is 71.3 Å². The van der Waals surface area contributed by atoms with Crippen LogP contribution < -0.4 is 0 Å². The van der Waals surface area contributed by atoms with Gasteiger partial charge in [0.15, 0.2) is 6.29 Å². The zero-order chi connectivity index (χ0) is 18.2. The maximum Gasteiger partial charge on any atom is 0.302 e. The van der Waals surface area contributed by atoms with Gasteiger partial charge in [-0.15, -0.1) is 0 Å². The Hall–Kier alpha value is -2.21. The third kappa shape index (κ3) is 5.14. The Morgan fingerprint density at radius 1 is 1.00 bits per heavy atom. The molecule has 0 N–H and O–H groups in total. The van der Waals surface area contributed by atoms with E-state index in [1.54, 1.807) is 0 Å². The van der Waals surface area contributed by atoms with Crippen LogP contribution in [0.4, 0.5) is 0 Å². The van der Waals surface area contributed by atoms with Gasteiger partial charge in [0.25, 0.3) is 0 Å². The van der Waals surface area contributed by atoms with E-state index in [9.17, 15) is 4.79 Å². The molecule has 0 bridgehead atoms. The number of hydrogen-bond acceptors (Lipinski definition) is 5. The number of esters is 1. The van der Waals surface area contributed by atoms with Gasteiger partial charge in [0.1, 0.15) is 6.10 Å². The van der Waals surface area contributed by atoms with Crippen molar-refractivity contribution in [3.8, 4) is 0 Å². The predicted octanol–water partition coefficient (Wildman–Crippen LogP) is 3.94. The van der Waals surface area contributed by atoms with Crippen molar-refractivity contribution < 1.29 is 23.7 Å². The van der Waals surface area contributed by atoms with Gasteiger partial charge >= 0.3 is 5.97 Å². The Balaban J connectivity index is 1.49. The average Bonchev–Trinajstić information content (AvgIpc) is 3.00. The standard InChI is InChI=1S/C21H24O5/c1-16(22)24-12-7-13-25-21-19-11-6-5-10-18(19)20(26-21)15-23-14-17-8-3-2-4-9-17/h2-6,8-11,20-21H,7,12-15H2,1H3/t20-,21+/m0/s1. The summed E-state index contributed by atoms with van der Waals surface area (Å²) in [6.45, 7) is 3.24. The topological polar surface area (TPSA) is 54.0 Å². The lowest BCUT2D eigenvalue weighted by Gasteiger charge is -2.15. The number of rotatable bonds is 9. The summed E-state index contributed by atoms with van der Waals surface area (Å²) in [6, 6.07) is 18.1. The molecule has 0 fully saturated rings. The number of carbonyl (C=O) groups is 1. The number of benzene rings is 2. The van der Waals surface area contributed by atoms with Crippen molar-refractivity contribution in [2.75, 3.05) is 19.8 Å². The number of hydrogen-bond donors (Lipinski definition) is 0. The molecular formula is C21H24O5. The highest BCUT2D eigenvalue weighted by atomic mass is 16.7. The quantitative estimate of drug-likeness (QED) is 0.503. The second-order valence-corrected chi connectivity index (χ2v) is 6.15. The van der Waals surface area contributed by atoms with Crippen LogP contribution in [0.1, 0.15) is 42.4 Å². The van der Waals surface area contributed by atoms with Crippen LogP contribution in [0.2, 0.25) is 0 Å². The van der Waals surface area contributed by atoms with Gasteiger partial charge in [-0.1, -0.05) is 54.6 Å². The lowest BCUT2D eigenvalue weighted by atomic mass is 10.1. The second kappa shape index (κ2) is 9.48. The van der Waals surface area contributed by atoms with Crippen LogP contribution in [-0.4, -0.2) is 25.8 Å². The maximum absolute atomic E-state index is 10.8. The molecule has 1 aliphatic rings. The minimum atomic E-state index is -0.408. The van der Waals surface area contributed by atoms with E-state index in [0.29, 0.717) is 32.8 Å². The summed E-state index contributed by atoms with van der Waals surface area (Å²) in [5.41, 5.74) is 3.27. The summed E-state index contributed by atoms with van der Waals surface area (Å²) in [4.78, 5) is 10.8. The summed E-state index contributed by atoms with van der Waals surface area (Å²) in [6.07, 6.45) is 0.0822. The molecule has 3 rings (SSSR count). The number of carbonyl (C=O) groups excluding carboxylic acids is 1.